The number of halogens is 2. The molecule has 13 heavy (non-hydrogen) atoms. The van der Waals surface area contributed by atoms with E-state index in [0.717, 1.165) is 12.8 Å². The van der Waals surface area contributed by atoms with Crippen LogP contribution in [0.1, 0.15) is 37.2 Å². The lowest BCUT2D eigenvalue weighted by Crippen LogP contribution is -2.02. The number of hydrogen-bond donors (Lipinski definition) is 0. The number of nitrogens with zero attached hydrogens (tertiary/aromatic N) is 2. The molecule has 2 rings (SSSR count). The smallest absolute Gasteiger partial charge is 0.182 e. The summed E-state index contributed by atoms with van der Waals surface area (Å²) in [5.74, 6) is 0.487. The number of hydrogen-bond acceptors (Lipinski definition) is 2. The van der Waals surface area contributed by atoms with Crippen LogP contribution in [0.2, 0.25) is 5.15 Å². The summed E-state index contributed by atoms with van der Waals surface area (Å²) in [7, 11) is 0. The molecule has 0 spiro atoms. The van der Waals surface area contributed by atoms with Gasteiger partial charge in [-0.3, -0.25) is 0 Å². The van der Waals surface area contributed by atoms with Gasteiger partial charge in [-0.15, -0.1) is 0 Å². The highest BCUT2D eigenvalue weighted by Gasteiger charge is 2.30. The van der Waals surface area contributed by atoms with Crippen molar-refractivity contribution in [2.75, 3.05) is 0 Å². The number of aryl methyl sites for hydroxylation is 1. The molecule has 0 aromatic carbocycles. The highest BCUT2D eigenvalue weighted by Crippen LogP contribution is 2.41. The zero-order valence-electron chi connectivity index (χ0n) is 7.35. The van der Waals surface area contributed by atoms with E-state index in [2.05, 4.69) is 9.97 Å². The molecular formula is C9H10ClFN2. The van der Waals surface area contributed by atoms with E-state index in [1.54, 1.807) is 0 Å². The Bertz CT molecular complexity index is 337. The van der Waals surface area contributed by atoms with E-state index >= 15 is 0 Å². The summed E-state index contributed by atoms with van der Waals surface area (Å²) in [5.41, 5.74) is 0.511. The van der Waals surface area contributed by atoms with Gasteiger partial charge in [-0.2, -0.15) is 0 Å². The first-order chi connectivity index (χ1) is 6.22. The molecule has 1 aromatic heterocycles. The molecule has 0 N–H and O–H groups in total. The molecule has 0 amide bonds. The molecule has 0 radical (unpaired) electrons. The monoisotopic (exact) mass is 200 g/mol. The Balaban J connectivity index is 2.46. The summed E-state index contributed by atoms with van der Waals surface area (Å²) >= 11 is 5.64. The van der Waals surface area contributed by atoms with Crippen LogP contribution in [-0.2, 0) is 6.42 Å². The van der Waals surface area contributed by atoms with Crippen molar-refractivity contribution in [3.8, 4) is 0 Å². The second kappa shape index (κ2) is 3.22. The van der Waals surface area contributed by atoms with Crippen LogP contribution in [0.4, 0.5) is 4.39 Å². The van der Waals surface area contributed by atoms with Crippen LogP contribution in [-0.4, -0.2) is 9.97 Å². The standard InChI is InChI=1S/C9H10ClFN2/c1-2-6-12-8(5-3-4-5)7(11)9(10)13-6/h5H,2-4H2,1H3. The van der Waals surface area contributed by atoms with E-state index in [-0.39, 0.29) is 11.1 Å². The molecule has 0 aliphatic heterocycles. The van der Waals surface area contributed by atoms with Gasteiger partial charge in [0.2, 0.25) is 0 Å². The van der Waals surface area contributed by atoms with Gasteiger partial charge in [-0.05, 0) is 12.8 Å². The molecule has 0 unspecified atom stereocenters. The Hall–Kier alpha value is -0.700. The first-order valence-electron chi connectivity index (χ1n) is 4.44. The zero-order valence-corrected chi connectivity index (χ0v) is 8.10. The third-order valence-electron chi connectivity index (χ3n) is 2.16. The van der Waals surface area contributed by atoms with Gasteiger partial charge in [-0.25, -0.2) is 14.4 Å². The maximum Gasteiger partial charge on any atom is 0.182 e. The Morgan fingerprint density at radius 1 is 1.46 bits per heavy atom. The van der Waals surface area contributed by atoms with Crippen molar-refractivity contribution >= 4 is 11.6 Å². The lowest BCUT2D eigenvalue weighted by atomic mass is 10.2. The van der Waals surface area contributed by atoms with E-state index in [1.807, 2.05) is 6.92 Å². The van der Waals surface area contributed by atoms with Gasteiger partial charge in [0.1, 0.15) is 5.82 Å². The van der Waals surface area contributed by atoms with Crippen LogP contribution in [0.3, 0.4) is 0 Å². The van der Waals surface area contributed by atoms with Crippen LogP contribution in [0, 0.1) is 5.82 Å². The summed E-state index contributed by atoms with van der Waals surface area (Å²) in [6.07, 6.45) is 2.74. The highest BCUT2D eigenvalue weighted by molar-refractivity contribution is 6.29. The Morgan fingerprint density at radius 2 is 2.15 bits per heavy atom. The molecule has 1 aromatic rings. The van der Waals surface area contributed by atoms with E-state index in [0.29, 0.717) is 17.9 Å². The molecule has 1 saturated carbocycles. The maximum absolute atomic E-state index is 13.4. The molecule has 4 heteroatoms. The number of rotatable bonds is 2. The molecule has 1 aliphatic carbocycles. The Morgan fingerprint density at radius 3 is 2.69 bits per heavy atom. The van der Waals surface area contributed by atoms with E-state index in [9.17, 15) is 4.39 Å². The molecule has 1 heterocycles. The normalized spacial score (nSPS) is 16.2. The van der Waals surface area contributed by atoms with Crippen molar-refractivity contribution in [1.29, 1.82) is 0 Å². The number of aromatic nitrogens is 2. The zero-order chi connectivity index (χ0) is 9.42. The predicted molar refractivity (Wildman–Crippen MR) is 48.4 cm³/mol. The summed E-state index contributed by atoms with van der Waals surface area (Å²) in [5, 5.41) is -0.0336. The van der Waals surface area contributed by atoms with Crippen LogP contribution in [0.25, 0.3) is 0 Å². The fraction of sp³-hybridized carbons (Fsp3) is 0.556. The fourth-order valence-electron chi connectivity index (χ4n) is 1.27. The average molecular weight is 201 g/mol. The molecular weight excluding hydrogens is 191 g/mol. The van der Waals surface area contributed by atoms with Gasteiger partial charge in [0, 0.05) is 12.3 Å². The summed E-state index contributed by atoms with van der Waals surface area (Å²) in [6.45, 7) is 1.93. The van der Waals surface area contributed by atoms with Gasteiger partial charge in [-0.1, -0.05) is 18.5 Å². The second-order valence-electron chi connectivity index (χ2n) is 3.26. The molecule has 0 bridgehead atoms. The SMILES string of the molecule is CCc1nc(Cl)c(F)c(C2CC2)n1. The predicted octanol–water partition coefficient (Wildman–Crippen LogP) is 2.71. The molecule has 1 aliphatic rings. The third kappa shape index (κ3) is 1.66. The third-order valence-corrected chi connectivity index (χ3v) is 2.41. The van der Waals surface area contributed by atoms with Gasteiger partial charge in [0.15, 0.2) is 11.0 Å². The highest BCUT2D eigenvalue weighted by atomic mass is 35.5. The minimum absolute atomic E-state index is 0.0336. The Labute approximate surface area is 81.2 Å². The van der Waals surface area contributed by atoms with Crippen molar-refractivity contribution in [2.45, 2.75) is 32.1 Å². The quantitative estimate of drug-likeness (QED) is 0.686. The first kappa shape index (κ1) is 8.88. The lowest BCUT2D eigenvalue weighted by Gasteiger charge is -2.03. The van der Waals surface area contributed by atoms with Crippen LogP contribution < -0.4 is 0 Å². The van der Waals surface area contributed by atoms with Crippen LogP contribution >= 0.6 is 11.6 Å². The van der Waals surface area contributed by atoms with Crippen molar-refractivity contribution in [3.05, 3.63) is 22.5 Å². The van der Waals surface area contributed by atoms with E-state index in [1.165, 1.54) is 0 Å². The average Bonchev–Trinajstić information content (AvgIpc) is 2.92. The van der Waals surface area contributed by atoms with Crippen molar-refractivity contribution in [3.63, 3.8) is 0 Å². The Kier molecular flexibility index (Phi) is 2.20. The topological polar surface area (TPSA) is 25.8 Å². The van der Waals surface area contributed by atoms with Gasteiger partial charge in [0.05, 0.1) is 5.69 Å². The molecule has 0 atom stereocenters. The van der Waals surface area contributed by atoms with Gasteiger partial charge >= 0.3 is 0 Å². The van der Waals surface area contributed by atoms with E-state index in [4.69, 9.17) is 11.6 Å². The molecule has 70 valence electrons. The summed E-state index contributed by atoms with van der Waals surface area (Å²) in [6, 6.07) is 0. The molecule has 2 nitrogen and oxygen atoms in total. The van der Waals surface area contributed by atoms with Gasteiger partial charge < -0.3 is 0 Å². The summed E-state index contributed by atoms with van der Waals surface area (Å²) in [4.78, 5) is 7.98. The summed E-state index contributed by atoms with van der Waals surface area (Å²) < 4.78 is 13.4. The van der Waals surface area contributed by atoms with Crippen molar-refractivity contribution < 1.29 is 4.39 Å². The van der Waals surface area contributed by atoms with Crippen LogP contribution in [0.5, 0.6) is 0 Å². The minimum Gasteiger partial charge on any atom is -0.234 e. The van der Waals surface area contributed by atoms with Gasteiger partial charge in [0.25, 0.3) is 0 Å². The van der Waals surface area contributed by atoms with E-state index < -0.39 is 5.82 Å². The minimum atomic E-state index is -0.429. The largest absolute Gasteiger partial charge is 0.234 e. The molecule has 0 saturated heterocycles. The van der Waals surface area contributed by atoms with Crippen molar-refractivity contribution in [2.24, 2.45) is 0 Å². The maximum atomic E-state index is 13.4. The lowest BCUT2D eigenvalue weighted by molar-refractivity contribution is 0.587. The fourth-order valence-corrected chi connectivity index (χ4v) is 1.46. The second-order valence-corrected chi connectivity index (χ2v) is 3.62. The molecule has 1 fully saturated rings. The van der Waals surface area contributed by atoms with Crippen LogP contribution in [0.15, 0.2) is 0 Å². The first-order valence-corrected chi connectivity index (χ1v) is 4.82. The van der Waals surface area contributed by atoms with Crippen molar-refractivity contribution in [1.82, 2.24) is 9.97 Å².